The molecule has 0 amide bonds. The molecule has 3 rings (SSSR count). The molecule has 0 saturated carbocycles. The van der Waals surface area contributed by atoms with E-state index < -0.39 is 0 Å². The van der Waals surface area contributed by atoms with Crippen LogP contribution in [0.15, 0.2) is 9.05 Å². The van der Waals surface area contributed by atoms with E-state index in [1.54, 1.807) is 0 Å². The van der Waals surface area contributed by atoms with Crippen molar-refractivity contribution in [2.24, 2.45) is 0 Å². The van der Waals surface area contributed by atoms with Crippen LogP contribution < -0.4 is 0 Å². The summed E-state index contributed by atoms with van der Waals surface area (Å²) in [7, 11) is 2.10. The van der Waals surface area contributed by atoms with Crippen molar-refractivity contribution in [3.63, 3.8) is 0 Å². The lowest BCUT2D eigenvalue weighted by molar-refractivity contribution is 0.177. The van der Waals surface area contributed by atoms with E-state index >= 15 is 0 Å². The highest BCUT2D eigenvalue weighted by Crippen LogP contribution is 2.25. The van der Waals surface area contributed by atoms with Gasteiger partial charge in [0.25, 0.3) is 0 Å². The van der Waals surface area contributed by atoms with Crippen molar-refractivity contribution in [2.75, 3.05) is 20.1 Å². The van der Waals surface area contributed by atoms with Gasteiger partial charge in [-0.05, 0) is 27.3 Å². The molecule has 0 aliphatic carbocycles. The van der Waals surface area contributed by atoms with Gasteiger partial charge < -0.3 is 9.05 Å². The highest BCUT2D eigenvalue weighted by atomic mass is 16.5. The zero-order chi connectivity index (χ0) is 15.7. The second-order valence-corrected chi connectivity index (χ2v) is 5.94. The molecule has 8 heteroatoms. The molecule has 2 atom stereocenters. The molecule has 1 aliphatic rings. The largest absolute Gasteiger partial charge is 0.340 e. The van der Waals surface area contributed by atoms with Crippen LogP contribution in [0, 0.1) is 13.8 Å². The molecule has 2 aromatic rings. The van der Waals surface area contributed by atoms with Gasteiger partial charge >= 0.3 is 0 Å². The van der Waals surface area contributed by atoms with Gasteiger partial charge in [-0.2, -0.15) is 9.97 Å². The van der Waals surface area contributed by atoms with E-state index in [4.69, 9.17) is 9.05 Å². The molecular formula is C14H22N6O2. The minimum atomic E-state index is 0.145. The quantitative estimate of drug-likeness (QED) is 0.818. The molecule has 1 saturated heterocycles. The van der Waals surface area contributed by atoms with Crippen molar-refractivity contribution in [1.82, 2.24) is 30.1 Å². The van der Waals surface area contributed by atoms with Gasteiger partial charge in [-0.3, -0.25) is 9.80 Å². The first-order chi connectivity index (χ1) is 10.5. The minimum Gasteiger partial charge on any atom is -0.340 e. The molecule has 0 radical (unpaired) electrons. The van der Waals surface area contributed by atoms with Crippen LogP contribution in [0.25, 0.3) is 0 Å². The van der Waals surface area contributed by atoms with Crippen LogP contribution in [0.3, 0.4) is 0 Å². The Morgan fingerprint density at radius 1 is 1.27 bits per heavy atom. The molecule has 0 N–H and O–H groups in total. The highest BCUT2D eigenvalue weighted by molar-refractivity contribution is 4.95. The van der Waals surface area contributed by atoms with Gasteiger partial charge in [0.2, 0.25) is 11.8 Å². The molecule has 1 aliphatic heterocycles. The standard InChI is InChI=1S/C14H22N6O2/c1-9(14-15-10(2)17-22-14)20-6-5-12(7-20)19(4)8-13-16-11(3)21-18-13/h9,12H,5-8H2,1-4H3/t9-,12+/m1/s1. The average molecular weight is 306 g/mol. The number of likely N-dealkylation sites (N-methyl/N-ethyl adjacent to an activating group) is 1. The maximum atomic E-state index is 5.28. The summed E-state index contributed by atoms with van der Waals surface area (Å²) < 4.78 is 10.3. The summed E-state index contributed by atoms with van der Waals surface area (Å²) in [6.45, 7) is 8.44. The lowest BCUT2D eigenvalue weighted by Crippen LogP contribution is -2.35. The summed E-state index contributed by atoms with van der Waals surface area (Å²) >= 11 is 0. The SMILES string of the molecule is Cc1noc([C@@H](C)N2CC[C@H](N(C)Cc3noc(C)n3)C2)n1. The number of hydrogen-bond donors (Lipinski definition) is 0. The predicted molar refractivity (Wildman–Crippen MR) is 77.9 cm³/mol. The number of nitrogens with zero attached hydrogens (tertiary/aromatic N) is 6. The van der Waals surface area contributed by atoms with Crippen LogP contribution in [0.1, 0.15) is 42.8 Å². The van der Waals surface area contributed by atoms with E-state index in [-0.39, 0.29) is 6.04 Å². The van der Waals surface area contributed by atoms with Gasteiger partial charge in [0, 0.05) is 26.1 Å². The van der Waals surface area contributed by atoms with Crippen LogP contribution in [0.2, 0.25) is 0 Å². The number of aromatic nitrogens is 4. The summed E-state index contributed by atoms with van der Waals surface area (Å²) in [4.78, 5) is 13.2. The van der Waals surface area contributed by atoms with Crippen LogP contribution in [-0.4, -0.2) is 56.3 Å². The van der Waals surface area contributed by atoms with Gasteiger partial charge in [-0.1, -0.05) is 10.3 Å². The van der Waals surface area contributed by atoms with E-state index in [9.17, 15) is 0 Å². The fourth-order valence-electron chi connectivity index (χ4n) is 2.88. The highest BCUT2D eigenvalue weighted by Gasteiger charge is 2.31. The van der Waals surface area contributed by atoms with E-state index in [2.05, 4.69) is 44.1 Å². The Labute approximate surface area is 129 Å². The number of rotatable bonds is 5. The molecule has 120 valence electrons. The monoisotopic (exact) mass is 306 g/mol. The lowest BCUT2D eigenvalue weighted by atomic mass is 10.2. The number of hydrogen-bond acceptors (Lipinski definition) is 8. The number of aryl methyl sites for hydroxylation is 2. The smallest absolute Gasteiger partial charge is 0.243 e. The molecule has 22 heavy (non-hydrogen) atoms. The van der Waals surface area contributed by atoms with E-state index in [0.717, 1.165) is 25.3 Å². The third kappa shape index (κ3) is 3.17. The molecule has 2 aromatic heterocycles. The molecule has 3 heterocycles. The van der Waals surface area contributed by atoms with Crippen molar-refractivity contribution < 1.29 is 9.05 Å². The third-order valence-corrected chi connectivity index (χ3v) is 4.23. The fourth-order valence-corrected chi connectivity index (χ4v) is 2.88. The van der Waals surface area contributed by atoms with E-state index in [1.165, 1.54) is 0 Å². The molecule has 1 fully saturated rings. The maximum Gasteiger partial charge on any atom is 0.243 e. The molecule has 0 unspecified atom stereocenters. The summed E-state index contributed by atoms with van der Waals surface area (Å²) in [6, 6.07) is 0.609. The Hall–Kier alpha value is -1.80. The number of likely N-dealkylation sites (tertiary alicyclic amines) is 1. The molecule has 0 bridgehead atoms. The molecular weight excluding hydrogens is 284 g/mol. The Morgan fingerprint density at radius 3 is 2.73 bits per heavy atom. The van der Waals surface area contributed by atoms with E-state index in [1.807, 2.05) is 13.8 Å². The molecule has 8 nitrogen and oxygen atoms in total. The normalized spacial score (nSPS) is 20.9. The lowest BCUT2D eigenvalue weighted by Gasteiger charge is -2.25. The zero-order valence-corrected chi connectivity index (χ0v) is 13.5. The zero-order valence-electron chi connectivity index (χ0n) is 13.5. The van der Waals surface area contributed by atoms with Crippen molar-refractivity contribution in [2.45, 2.75) is 45.8 Å². The predicted octanol–water partition coefficient (Wildman–Crippen LogP) is 1.34. The summed E-state index contributed by atoms with van der Waals surface area (Å²) in [5, 5.41) is 7.83. The maximum absolute atomic E-state index is 5.28. The van der Waals surface area contributed by atoms with Gasteiger partial charge in [0.15, 0.2) is 11.6 Å². The second-order valence-electron chi connectivity index (χ2n) is 5.94. The molecule has 0 aromatic carbocycles. The summed E-state index contributed by atoms with van der Waals surface area (Å²) in [5.41, 5.74) is 0. The first-order valence-electron chi connectivity index (χ1n) is 7.56. The van der Waals surface area contributed by atoms with Crippen molar-refractivity contribution in [3.8, 4) is 0 Å². The van der Waals surface area contributed by atoms with Gasteiger partial charge in [-0.15, -0.1) is 0 Å². The first-order valence-corrected chi connectivity index (χ1v) is 7.56. The summed E-state index contributed by atoms with van der Waals surface area (Å²) in [5.74, 6) is 2.72. The van der Waals surface area contributed by atoms with Crippen LogP contribution in [0.4, 0.5) is 0 Å². The van der Waals surface area contributed by atoms with Crippen LogP contribution in [0.5, 0.6) is 0 Å². The van der Waals surface area contributed by atoms with Crippen LogP contribution >= 0.6 is 0 Å². The Morgan fingerprint density at radius 2 is 2.09 bits per heavy atom. The Balaban J connectivity index is 1.57. The minimum absolute atomic E-state index is 0.145. The van der Waals surface area contributed by atoms with Gasteiger partial charge in [-0.25, -0.2) is 0 Å². The Bertz CT molecular complexity index is 624. The molecule has 0 spiro atoms. The van der Waals surface area contributed by atoms with Crippen molar-refractivity contribution in [3.05, 3.63) is 23.4 Å². The third-order valence-electron chi connectivity index (χ3n) is 4.23. The first kappa shape index (κ1) is 15.1. The van der Waals surface area contributed by atoms with E-state index in [0.29, 0.717) is 30.2 Å². The topological polar surface area (TPSA) is 84.3 Å². The van der Waals surface area contributed by atoms with Gasteiger partial charge in [0.1, 0.15) is 0 Å². The van der Waals surface area contributed by atoms with Gasteiger partial charge in [0.05, 0.1) is 12.6 Å². The second kappa shape index (κ2) is 6.13. The fraction of sp³-hybridized carbons (Fsp3) is 0.714. The van der Waals surface area contributed by atoms with Crippen molar-refractivity contribution >= 4 is 0 Å². The van der Waals surface area contributed by atoms with Crippen LogP contribution in [-0.2, 0) is 6.54 Å². The Kier molecular flexibility index (Phi) is 4.21. The van der Waals surface area contributed by atoms with Crippen molar-refractivity contribution in [1.29, 1.82) is 0 Å². The summed E-state index contributed by atoms with van der Waals surface area (Å²) in [6.07, 6.45) is 1.10. The average Bonchev–Trinajstić information content (AvgIpc) is 3.19.